The molecule has 5 aromatic rings. The third-order valence-corrected chi connectivity index (χ3v) is 5.98. The number of halogens is 1. The summed E-state index contributed by atoms with van der Waals surface area (Å²) in [6.07, 6.45) is 3.02. The highest BCUT2D eigenvalue weighted by Crippen LogP contribution is 2.30. The molecule has 2 heterocycles. The highest BCUT2D eigenvalue weighted by Gasteiger charge is 2.17. The third kappa shape index (κ3) is 5.61. The number of carbonyl (C=O) groups excluding carboxylic acids is 1. The number of amides is 1. The Hall–Kier alpha value is -4.82. The molecule has 8 nitrogen and oxygen atoms in total. The Bertz CT molecular complexity index is 1630. The monoisotopic (exact) mass is 526 g/mol. The van der Waals surface area contributed by atoms with Crippen LogP contribution in [0.25, 0.3) is 5.69 Å². The van der Waals surface area contributed by atoms with Crippen molar-refractivity contribution in [2.75, 3.05) is 5.32 Å². The number of furan rings is 1. The van der Waals surface area contributed by atoms with Crippen LogP contribution < -0.4 is 20.9 Å². The van der Waals surface area contributed by atoms with Crippen molar-refractivity contribution < 1.29 is 13.9 Å². The molecule has 190 valence electrons. The maximum atomic E-state index is 13.6. The van der Waals surface area contributed by atoms with Gasteiger partial charge in [0.25, 0.3) is 11.5 Å². The maximum Gasteiger partial charge on any atom is 0.299 e. The number of rotatable bonds is 8. The first-order valence-corrected chi connectivity index (χ1v) is 12.1. The number of aromatic nitrogens is 2. The second-order valence-electron chi connectivity index (χ2n) is 8.44. The molecular formula is C29H23ClN4O4. The van der Waals surface area contributed by atoms with Crippen molar-refractivity contribution >= 4 is 28.9 Å². The van der Waals surface area contributed by atoms with E-state index in [4.69, 9.17) is 20.8 Å². The maximum absolute atomic E-state index is 13.6. The van der Waals surface area contributed by atoms with Crippen LogP contribution in [0.5, 0.6) is 11.5 Å². The van der Waals surface area contributed by atoms with E-state index in [1.165, 1.54) is 10.9 Å². The standard InChI is InChI=1S/C29H23ClN4O4/c1-19-6-4-7-22(16-19)38-26-18-32-34(25-10-3-2-9-24(25)30)29(36)27(26)33-21-13-11-20(12-14-21)28(35)31-17-23-8-5-15-37-23/h2-16,18,33H,17H2,1H3,(H,31,35). The van der Waals surface area contributed by atoms with Gasteiger partial charge in [0, 0.05) is 11.3 Å². The van der Waals surface area contributed by atoms with Gasteiger partial charge in [-0.15, -0.1) is 0 Å². The summed E-state index contributed by atoms with van der Waals surface area (Å²) in [6.45, 7) is 2.23. The summed E-state index contributed by atoms with van der Waals surface area (Å²) in [5, 5.41) is 10.6. The van der Waals surface area contributed by atoms with Crippen molar-refractivity contribution in [3.63, 3.8) is 0 Å². The molecule has 0 spiro atoms. The number of anilines is 2. The number of benzene rings is 3. The fourth-order valence-corrected chi connectivity index (χ4v) is 3.98. The molecule has 5 rings (SSSR count). The van der Waals surface area contributed by atoms with Crippen molar-refractivity contribution in [1.29, 1.82) is 0 Å². The molecule has 0 aliphatic rings. The quantitative estimate of drug-likeness (QED) is 0.248. The van der Waals surface area contributed by atoms with Gasteiger partial charge in [-0.2, -0.15) is 9.78 Å². The number of hydrogen-bond donors (Lipinski definition) is 2. The molecule has 0 fully saturated rings. The number of nitrogens with zero attached hydrogens (tertiary/aromatic N) is 2. The summed E-state index contributed by atoms with van der Waals surface area (Å²) >= 11 is 6.34. The Balaban J connectivity index is 1.44. The molecule has 0 aliphatic heterocycles. The first-order valence-electron chi connectivity index (χ1n) is 11.8. The minimum Gasteiger partial charge on any atom is -0.467 e. The summed E-state index contributed by atoms with van der Waals surface area (Å²) < 4.78 is 12.5. The van der Waals surface area contributed by atoms with Crippen molar-refractivity contribution in [2.24, 2.45) is 0 Å². The second kappa shape index (κ2) is 11.1. The van der Waals surface area contributed by atoms with Gasteiger partial charge in [-0.05, 0) is 73.2 Å². The topological polar surface area (TPSA) is 98.4 Å². The molecule has 0 saturated carbocycles. The third-order valence-electron chi connectivity index (χ3n) is 5.66. The summed E-state index contributed by atoms with van der Waals surface area (Å²) in [5.41, 5.74) is 2.19. The molecule has 9 heteroatoms. The molecule has 0 aliphatic carbocycles. The largest absolute Gasteiger partial charge is 0.467 e. The van der Waals surface area contributed by atoms with E-state index >= 15 is 0 Å². The van der Waals surface area contributed by atoms with E-state index in [9.17, 15) is 9.59 Å². The molecule has 0 unspecified atom stereocenters. The highest BCUT2D eigenvalue weighted by molar-refractivity contribution is 6.32. The number of carbonyl (C=O) groups is 1. The van der Waals surface area contributed by atoms with Crippen molar-refractivity contribution in [3.05, 3.63) is 130 Å². The molecule has 2 aromatic heterocycles. The van der Waals surface area contributed by atoms with Gasteiger partial charge < -0.3 is 19.8 Å². The van der Waals surface area contributed by atoms with Gasteiger partial charge in [-0.1, -0.05) is 35.9 Å². The van der Waals surface area contributed by atoms with Crippen molar-refractivity contribution in [2.45, 2.75) is 13.5 Å². The van der Waals surface area contributed by atoms with Crippen LogP contribution in [0, 0.1) is 6.92 Å². The van der Waals surface area contributed by atoms with Crippen LogP contribution in [0.2, 0.25) is 5.02 Å². The predicted molar refractivity (Wildman–Crippen MR) is 146 cm³/mol. The number of aryl methyl sites for hydroxylation is 1. The van der Waals surface area contributed by atoms with Gasteiger partial charge >= 0.3 is 0 Å². The van der Waals surface area contributed by atoms with Crippen LogP contribution >= 0.6 is 11.6 Å². The van der Waals surface area contributed by atoms with Gasteiger partial charge in [0.2, 0.25) is 0 Å². The fourth-order valence-electron chi connectivity index (χ4n) is 3.76. The lowest BCUT2D eigenvalue weighted by molar-refractivity contribution is 0.0948. The Morgan fingerprint density at radius 3 is 2.58 bits per heavy atom. The molecule has 1 amide bonds. The predicted octanol–water partition coefficient (Wildman–Crippen LogP) is 6.25. The molecule has 0 radical (unpaired) electrons. The van der Waals surface area contributed by atoms with E-state index in [0.29, 0.717) is 33.5 Å². The molecule has 0 bridgehead atoms. The minimum absolute atomic E-state index is 0.163. The Labute approximate surface area is 223 Å². The average molecular weight is 527 g/mol. The zero-order chi connectivity index (χ0) is 26.5. The van der Waals surface area contributed by atoms with Gasteiger partial charge in [-0.25, -0.2) is 0 Å². The normalized spacial score (nSPS) is 10.7. The number of nitrogens with one attached hydrogen (secondary N) is 2. The van der Waals surface area contributed by atoms with Crippen molar-refractivity contribution in [1.82, 2.24) is 15.1 Å². The fraction of sp³-hybridized carbons (Fsp3) is 0.0690. The summed E-state index contributed by atoms with van der Waals surface area (Å²) in [7, 11) is 0. The van der Waals surface area contributed by atoms with Crippen LogP contribution in [0.4, 0.5) is 11.4 Å². The molecule has 0 saturated heterocycles. The van der Waals surface area contributed by atoms with Gasteiger partial charge in [-0.3, -0.25) is 9.59 Å². The van der Waals surface area contributed by atoms with Gasteiger partial charge in [0.15, 0.2) is 11.4 Å². The van der Waals surface area contributed by atoms with Crippen LogP contribution in [-0.4, -0.2) is 15.7 Å². The van der Waals surface area contributed by atoms with E-state index in [-0.39, 0.29) is 23.9 Å². The van der Waals surface area contributed by atoms with E-state index in [1.807, 2.05) is 25.1 Å². The van der Waals surface area contributed by atoms with E-state index in [0.717, 1.165) is 5.56 Å². The Morgan fingerprint density at radius 1 is 1.03 bits per heavy atom. The first kappa shape index (κ1) is 24.9. The van der Waals surface area contributed by atoms with Gasteiger partial charge in [0.05, 0.1) is 29.7 Å². The van der Waals surface area contributed by atoms with Crippen LogP contribution in [0.1, 0.15) is 21.7 Å². The summed E-state index contributed by atoms with van der Waals surface area (Å²) in [5.74, 6) is 1.21. The van der Waals surface area contributed by atoms with E-state index in [2.05, 4.69) is 15.7 Å². The molecule has 0 atom stereocenters. The Kier molecular flexibility index (Phi) is 7.24. The highest BCUT2D eigenvalue weighted by atomic mass is 35.5. The Morgan fingerprint density at radius 2 is 1.84 bits per heavy atom. The van der Waals surface area contributed by atoms with Crippen LogP contribution in [0.15, 0.2) is 107 Å². The second-order valence-corrected chi connectivity index (χ2v) is 8.84. The summed E-state index contributed by atoms with van der Waals surface area (Å²) in [4.78, 5) is 26.1. The number of hydrogen-bond acceptors (Lipinski definition) is 6. The minimum atomic E-state index is -0.455. The molecular weight excluding hydrogens is 504 g/mol. The van der Waals surface area contributed by atoms with Crippen LogP contribution in [-0.2, 0) is 6.54 Å². The smallest absolute Gasteiger partial charge is 0.299 e. The number of para-hydroxylation sites is 1. The molecule has 3 aromatic carbocycles. The molecule has 38 heavy (non-hydrogen) atoms. The summed E-state index contributed by atoms with van der Waals surface area (Å²) in [6, 6.07) is 24.7. The van der Waals surface area contributed by atoms with E-state index in [1.54, 1.807) is 73.0 Å². The zero-order valence-electron chi connectivity index (χ0n) is 20.4. The lowest BCUT2D eigenvalue weighted by Gasteiger charge is -2.15. The SMILES string of the molecule is Cc1cccc(Oc2cnn(-c3ccccc3Cl)c(=O)c2Nc2ccc(C(=O)NCc3ccco3)cc2)c1. The van der Waals surface area contributed by atoms with E-state index < -0.39 is 5.56 Å². The lowest BCUT2D eigenvalue weighted by Crippen LogP contribution is -2.24. The first-order chi connectivity index (χ1) is 18.5. The molecule has 2 N–H and O–H groups in total. The van der Waals surface area contributed by atoms with Gasteiger partial charge in [0.1, 0.15) is 11.5 Å². The van der Waals surface area contributed by atoms with Crippen molar-refractivity contribution in [3.8, 4) is 17.2 Å². The van der Waals surface area contributed by atoms with Crippen LogP contribution in [0.3, 0.4) is 0 Å². The number of ether oxygens (including phenoxy) is 1. The zero-order valence-corrected chi connectivity index (χ0v) is 21.1. The lowest BCUT2D eigenvalue weighted by atomic mass is 10.2. The average Bonchev–Trinajstić information content (AvgIpc) is 3.44.